The molecule has 0 saturated heterocycles. The third-order valence-corrected chi connectivity index (χ3v) is 2.90. The summed E-state index contributed by atoms with van der Waals surface area (Å²) in [5.74, 6) is 0.834. The van der Waals surface area contributed by atoms with E-state index in [1.165, 1.54) is 4.90 Å². The maximum absolute atomic E-state index is 11.9. The van der Waals surface area contributed by atoms with Crippen LogP contribution >= 0.6 is 0 Å². The van der Waals surface area contributed by atoms with E-state index in [1.54, 1.807) is 18.2 Å². The molecule has 1 aromatic carbocycles. The smallest absolute Gasteiger partial charge is 0.265 e. The van der Waals surface area contributed by atoms with E-state index >= 15 is 0 Å². The second-order valence-electron chi connectivity index (χ2n) is 4.42. The highest BCUT2D eigenvalue weighted by Crippen LogP contribution is 2.41. The first-order valence-corrected chi connectivity index (χ1v) is 6.51. The summed E-state index contributed by atoms with van der Waals surface area (Å²) in [7, 11) is 0. The Hall–Kier alpha value is -2.30. The number of amides is 1. The van der Waals surface area contributed by atoms with Crippen LogP contribution in [0.25, 0.3) is 0 Å². The van der Waals surface area contributed by atoms with E-state index in [0.29, 0.717) is 35.9 Å². The van der Waals surface area contributed by atoms with Gasteiger partial charge in [0.1, 0.15) is 6.29 Å². The number of ether oxygens (including phenoxy) is 2. The fraction of sp³-hybridized carbons (Fsp3) is 0.333. The third-order valence-electron chi connectivity index (χ3n) is 2.90. The van der Waals surface area contributed by atoms with Crippen LogP contribution in [0, 0.1) is 0 Å². The number of benzene rings is 1. The molecule has 1 amide bonds. The summed E-state index contributed by atoms with van der Waals surface area (Å²) in [4.78, 5) is 24.5. The predicted octanol–water partition coefficient (Wildman–Crippen LogP) is 2.20. The van der Waals surface area contributed by atoms with Crippen molar-refractivity contribution in [3.8, 4) is 11.5 Å². The normalized spacial score (nSPS) is 13.4. The van der Waals surface area contributed by atoms with Gasteiger partial charge in [0, 0.05) is 12.1 Å². The Balaban J connectivity index is 2.48. The topological polar surface area (TPSA) is 55.8 Å². The first kappa shape index (κ1) is 14.1. The minimum absolute atomic E-state index is 0.0379. The number of carbonyl (C=O) groups excluding carboxylic acids is 2. The van der Waals surface area contributed by atoms with Gasteiger partial charge in [-0.2, -0.15) is 0 Å². The molecule has 2 rings (SSSR count). The van der Waals surface area contributed by atoms with Gasteiger partial charge in [0.15, 0.2) is 18.1 Å². The molecular weight excluding hydrogens is 258 g/mol. The van der Waals surface area contributed by atoms with Crippen LogP contribution in [0.5, 0.6) is 11.5 Å². The van der Waals surface area contributed by atoms with Crippen molar-refractivity contribution < 1.29 is 19.1 Å². The average Bonchev–Trinajstić information content (AvgIpc) is 2.47. The van der Waals surface area contributed by atoms with Crippen molar-refractivity contribution in [2.45, 2.75) is 13.3 Å². The van der Waals surface area contributed by atoms with Crippen LogP contribution in [0.15, 0.2) is 24.8 Å². The first-order valence-electron chi connectivity index (χ1n) is 6.51. The van der Waals surface area contributed by atoms with Crippen LogP contribution < -0.4 is 14.4 Å². The number of carbonyl (C=O) groups is 2. The third kappa shape index (κ3) is 2.66. The van der Waals surface area contributed by atoms with Crippen LogP contribution in [0.4, 0.5) is 5.69 Å². The van der Waals surface area contributed by atoms with Crippen LogP contribution in [0.1, 0.15) is 23.7 Å². The summed E-state index contributed by atoms with van der Waals surface area (Å²) in [6.45, 7) is 6.48. The van der Waals surface area contributed by atoms with E-state index < -0.39 is 0 Å². The summed E-state index contributed by atoms with van der Waals surface area (Å²) in [5, 5.41) is 0. The quantitative estimate of drug-likeness (QED) is 0.590. The van der Waals surface area contributed by atoms with Crippen molar-refractivity contribution in [1.82, 2.24) is 0 Å². The molecule has 0 atom stereocenters. The molecule has 5 heteroatoms. The summed E-state index contributed by atoms with van der Waals surface area (Å²) < 4.78 is 11.1. The van der Waals surface area contributed by atoms with Crippen molar-refractivity contribution in [1.29, 1.82) is 0 Å². The fourth-order valence-corrected chi connectivity index (χ4v) is 2.02. The SMILES string of the molecule is C=CCN1C(=O)COc2c(OCCC)cc(C=O)cc21. The zero-order valence-corrected chi connectivity index (χ0v) is 11.4. The van der Waals surface area contributed by atoms with E-state index in [0.717, 1.165) is 12.7 Å². The molecule has 0 aliphatic carbocycles. The molecule has 1 aliphatic rings. The molecular formula is C15H17NO4. The van der Waals surface area contributed by atoms with Gasteiger partial charge in [0.25, 0.3) is 5.91 Å². The molecule has 0 unspecified atom stereocenters. The molecule has 0 N–H and O–H groups in total. The van der Waals surface area contributed by atoms with Gasteiger partial charge in [-0.05, 0) is 18.6 Å². The number of rotatable bonds is 6. The molecule has 0 radical (unpaired) electrons. The number of fused-ring (bicyclic) bond motifs is 1. The summed E-state index contributed by atoms with van der Waals surface area (Å²) in [5.41, 5.74) is 0.999. The Morgan fingerprint density at radius 1 is 1.50 bits per heavy atom. The van der Waals surface area contributed by atoms with E-state index in [4.69, 9.17) is 9.47 Å². The highest BCUT2D eigenvalue weighted by Gasteiger charge is 2.28. The summed E-state index contributed by atoms with van der Waals surface area (Å²) in [6.07, 6.45) is 3.20. The molecule has 0 spiro atoms. The minimum atomic E-state index is -0.165. The lowest BCUT2D eigenvalue weighted by atomic mass is 10.1. The van der Waals surface area contributed by atoms with Gasteiger partial charge < -0.3 is 14.4 Å². The molecule has 106 valence electrons. The Kier molecular flexibility index (Phi) is 4.40. The number of hydrogen-bond donors (Lipinski definition) is 0. The summed E-state index contributed by atoms with van der Waals surface area (Å²) in [6, 6.07) is 3.26. The minimum Gasteiger partial charge on any atom is -0.490 e. The molecule has 0 bridgehead atoms. The van der Waals surface area contributed by atoms with Crippen molar-refractivity contribution >= 4 is 17.9 Å². The zero-order chi connectivity index (χ0) is 14.5. The van der Waals surface area contributed by atoms with Crippen molar-refractivity contribution in [3.63, 3.8) is 0 Å². The zero-order valence-electron chi connectivity index (χ0n) is 11.4. The van der Waals surface area contributed by atoms with Gasteiger partial charge >= 0.3 is 0 Å². The number of anilines is 1. The second kappa shape index (κ2) is 6.23. The van der Waals surface area contributed by atoms with Gasteiger partial charge in [0.05, 0.1) is 12.3 Å². The Labute approximate surface area is 117 Å². The van der Waals surface area contributed by atoms with Crippen LogP contribution in [0.2, 0.25) is 0 Å². The molecule has 1 aliphatic heterocycles. The lowest BCUT2D eigenvalue weighted by Crippen LogP contribution is -2.39. The molecule has 20 heavy (non-hydrogen) atoms. The number of hydrogen-bond acceptors (Lipinski definition) is 4. The van der Waals surface area contributed by atoms with Gasteiger partial charge in [-0.3, -0.25) is 9.59 Å². The Bertz CT molecular complexity index is 539. The maximum Gasteiger partial charge on any atom is 0.265 e. The van der Waals surface area contributed by atoms with Gasteiger partial charge in [-0.15, -0.1) is 6.58 Å². The number of nitrogens with zero attached hydrogens (tertiary/aromatic N) is 1. The van der Waals surface area contributed by atoms with Crippen LogP contribution in [-0.4, -0.2) is 32.0 Å². The molecule has 0 saturated carbocycles. The Morgan fingerprint density at radius 3 is 2.95 bits per heavy atom. The first-order chi connectivity index (χ1) is 9.71. The lowest BCUT2D eigenvalue weighted by Gasteiger charge is -2.30. The van der Waals surface area contributed by atoms with E-state index in [1.807, 2.05) is 6.92 Å². The van der Waals surface area contributed by atoms with Crippen LogP contribution in [-0.2, 0) is 4.79 Å². The highest BCUT2D eigenvalue weighted by atomic mass is 16.5. The highest BCUT2D eigenvalue weighted by molar-refractivity contribution is 6.00. The van der Waals surface area contributed by atoms with Crippen molar-refractivity contribution in [2.24, 2.45) is 0 Å². The monoisotopic (exact) mass is 275 g/mol. The molecule has 1 heterocycles. The van der Waals surface area contributed by atoms with E-state index in [-0.39, 0.29) is 12.5 Å². The molecule has 0 fully saturated rings. The average molecular weight is 275 g/mol. The van der Waals surface area contributed by atoms with Crippen molar-refractivity contribution in [2.75, 3.05) is 24.7 Å². The summed E-state index contributed by atoms with van der Waals surface area (Å²) >= 11 is 0. The van der Waals surface area contributed by atoms with Crippen molar-refractivity contribution in [3.05, 3.63) is 30.4 Å². The maximum atomic E-state index is 11.9. The largest absolute Gasteiger partial charge is 0.490 e. The fourth-order valence-electron chi connectivity index (χ4n) is 2.02. The Morgan fingerprint density at radius 2 is 2.30 bits per heavy atom. The predicted molar refractivity (Wildman–Crippen MR) is 75.7 cm³/mol. The second-order valence-corrected chi connectivity index (χ2v) is 4.42. The molecule has 1 aromatic rings. The van der Waals surface area contributed by atoms with E-state index in [2.05, 4.69) is 6.58 Å². The lowest BCUT2D eigenvalue weighted by molar-refractivity contribution is -0.121. The van der Waals surface area contributed by atoms with Gasteiger partial charge in [0.2, 0.25) is 0 Å². The molecule has 5 nitrogen and oxygen atoms in total. The number of aldehydes is 1. The standard InChI is InChI=1S/C15H17NO4/c1-3-5-16-12-7-11(9-17)8-13(19-6-4-2)15(12)20-10-14(16)18/h3,7-9H,1,4-6,10H2,2H3. The van der Waals surface area contributed by atoms with Gasteiger partial charge in [-0.1, -0.05) is 13.0 Å². The van der Waals surface area contributed by atoms with Crippen LogP contribution in [0.3, 0.4) is 0 Å². The van der Waals surface area contributed by atoms with Gasteiger partial charge in [-0.25, -0.2) is 0 Å². The van der Waals surface area contributed by atoms with E-state index in [9.17, 15) is 9.59 Å². The molecule has 0 aromatic heterocycles.